The zero-order chi connectivity index (χ0) is 9.97. The lowest BCUT2D eigenvalue weighted by atomic mass is 10.1. The van der Waals surface area contributed by atoms with Crippen LogP contribution in [0, 0.1) is 6.92 Å². The molecule has 0 aliphatic rings. The molecular weight excluding hydrogens is 176 g/mol. The van der Waals surface area contributed by atoms with Crippen molar-refractivity contribution in [2.24, 2.45) is 5.11 Å². The van der Waals surface area contributed by atoms with Gasteiger partial charge in [0, 0.05) is 22.2 Å². The van der Waals surface area contributed by atoms with E-state index in [9.17, 15) is 0 Å². The molecule has 0 aliphatic heterocycles. The number of hydrogen-bond acceptors (Lipinski definition) is 2. The summed E-state index contributed by atoms with van der Waals surface area (Å²) in [6.07, 6.45) is 1.75. The van der Waals surface area contributed by atoms with E-state index in [-0.39, 0.29) is 0 Å². The fourth-order valence-electron chi connectivity index (χ4n) is 1.39. The van der Waals surface area contributed by atoms with Crippen LogP contribution in [-0.2, 0) is 0 Å². The number of benzene rings is 1. The molecule has 68 valence electrons. The van der Waals surface area contributed by atoms with Crippen molar-refractivity contribution in [1.29, 1.82) is 0 Å². The van der Waals surface area contributed by atoms with Crippen LogP contribution >= 0.6 is 0 Å². The molecule has 0 unspecified atom stereocenters. The molecule has 0 N–H and O–H groups in total. The number of hydrogen-bond donors (Lipinski definition) is 0. The van der Waals surface area contributed by atoms with Gasteiger partial charge in [-0.15, -0.1) is 0 Å². The Labute approximate surface area is 80.8 Å². The Morgan fingerprint density at radius 2 is 2.21 bits per heavy atom. The first-order chi connectivity index (χ1) is 6.81. The molecule has 2 aromatic rings. The van der Waals surface area contributed by atoms with Crippen LogP contribution in [0.15, 0.2) is 35.6 Å². The Kier molecular flexibility index (Phi) is 2.05. The summed E-state index contributed by atoms with van der Waals surface area (Å²) in [7, 11) is 0. The van der Waals surface area contributed by atoms with E-state index in [0.717, 1.165) is 10.9 Å². The second-order valence-corrected chi connectivity index (χ2v) is 3.02. The highest BCUT2D eigenvalue weighted by Crippen LogP contribution is 2.21. The summed E-state index contributed by atoms with van der Waals surface area (Å²) >= 11 is 0. The number of pyridine rings is 1. The van der Waals surface area contributed by atoms with Gasteiger partial charge < -0.3 is 0 Å². The third kappa shape index (κ3) is 1.39. The van der Waals surface area contributed by atoms with Crippen LogP contribution in [-0.4, -0.2) is 4.98 Å². The molecule has 0 saturated heterocycles. The smallest absolute Gasteiger partial charge is 0.0709 e. The Balaban J connectivity index is 2.73. The van der Waals surface area contributed by atoms with Crippen LogP contribution in [0.4, 0.5) is 5.69 Å². The first-order valence-electron chi connectivity index (χ1n) is 4.22. The van der Waals surface area contributed by atoms with Crippen LogP contribution < -0.4 is 0 Å². The highest BCUT2D eigenvalue weighted by atomic mass is 15.1. The summed E-state index contributed by atoms with van der Waals surface area (Å²) in [6, 6.07) is 7.44. The number of azide groups is 1. The molecule has 0 bridgehead atoms. The van der Waals surface area contributed by atoms with Crippen LogP contribution in [0.5, 0.6) is 0 Å². The molecular formula is C10H8N4. The minimum absolute atomic E-state index is 0.595. The summed E-state index contributed by atoms with van der Waals surface area (Å²) in [5.41, 5.74) is 10.9. The fraction of sp³-hybridized carbons (Fsp3) is 0.100. The van der Waals surface area contributed by atoms with Crippen molar-refractivity contribution < 1.29 is 0 Å². The molecule has 4 heteroatoms. The van der Waals surface area contributed by atoms with Gasteiger partial charge in [-0.3, -0.25) is 4.98 Å². The van der Waals surface area contributed by atoms with E-state index in [1.165, 1.54) is 5.56 Å². The Bertz CT molecular complexity index is 527. The Morgan fingerprint density at radius 1 is 1.36 bits per heavy atom. The maximum Gasteiger partial charge on any atom is 0.0709 e. The Morgan fingerprint density at radius 3 is 3.00 bits per heavy atom. The third-order valence-electron chi connectivity index (χ3n) is 2.10. The second-order valence-electron chi connectivity index (χ2n) is 3.02. The predicted octanol–water partition coefficient (Wildman–Crippen LogP) is 3.49. The molecule has 2 rings (SSSR count). The number of aryl methyl sites for hydroxylation is 1. The third-order valence-corrected chi connectivity index (χ3v) is 2.10. The predicted molar refractivity (Wildman–Crippen MR) is 55.3 cm³/mol. The maximum absolute atomic E-state index is 8.28. The van der Waals surface area contributed by atoms with Crippen LogP contribution in [0.2, 0.25) is 0 Å². The van der Waals surface area contributed by atoms with Gasteiger partial charge >= 0.3 is 0 Å². The van der Waals surface area contributed by atoms with E-state index in [1.54, 1.807) is 18.3 Å². The molecule has 1 heterocycles. The summed E-state index contributed by atoms with van der Waals surface area (Å²) in [6.45, 7) is 2.03. The van der Waals surface area contributed by atoms with Gasteiger partial charge in [0.15, 0.2) is 0 Å². The van der Waals surface area contributed by atoms with Crippen molar-refractivity contribution in [2.45, 2.75) is 6.92 Å². The summed E-state index contributed by atoms with van der Waals surface area (Å²) in [5, 5.41) is 4.61. The topological polar surface area (TPSA) is 61.7 Å². The van der Waals surface area contributed by atoms with Crippen molar-refractivity contribution in [1.82, 2.24) is 4.98 Å². The molecule has 0 radical (unpaired) electrons. The monoisotopic (exact) mass is 184 g/mol. The van der Waals surface area contributed by atoms with Crippen LogP contribution in [0.1, 0.15) is 5.56 Å². The lowest BCUT2D eigenvalue weighted by molar-refractivity contribution is 1.36. The quantitative estimate of drug-likeness (QED) is 0.380. The van der Waals surface area contributed by atoms with E-state index in [4.69, 9.17) is 5.53 Å². The van der Waals surface area contributed by atoms with E-state index in [1.807, 2.05) is 19.1 Å². The molecule has 0 saturated carbocycles. The molecule has 1 aromatic heterocycles. The molecule has 0 fully saturated rings. The van der Waals surface area contributed by atoms with Gasteiger partial charge in [0.2, 0.25) is 0 Å². The molecule has 0 spiro atoms. The number of nitrogens with zero attached hydrogens (tertiary/aromatic N) is 4. The minimum Gasteiger partial charge on any atom is -0.256 e. The minimum atomic E-state index is 0.595. The lowest BCUT2D eigenvalue weighted by Crippen LogP contribution is -1.80. The number of rotatable bonds is 1. The van der Waals surface area contributed by atoms with Crippen molar-refractivity contribution >= 4 is 16.6 Å². The normalized spacial score (nSPS) is 9.79. The van der Waals surface area contributed by atoms with Crippen molar-refractivity contribution in [2.75, 3.05) is 0 Å². The lowest BCUT2D eigenvalue weighted by Gasteiger charge is -2.00. The van der Waals surface area contributed by atoms with Crippen molar-refractivity contribution in [3.05, 3.63) is 46.5 Å². The highest BCUT2D eigenvalue weighted by molar-refractivity contribution is 5.84. The van der Waals surface area contributed by atoms with Crippen LogP contribution in [0.25, 0.3) is 21.3 Å². The largest absolute Gasteiger partial charge is 0.256 e. The average Bonchev–Trinajstić information content (AvgIpc) is 2.18. The van der Waals surface area contributed by atoms with E-state index in [0.29, 0.717) is 5.69 Å². The molecule has 4 nitrogen and oxygen atoms in total. The summed E-state index contributed by atoms with van der Waals surface area (Å²) in [5.74, 6) is 0. The zero-order valence-electron chi connectivity index (χ0n) is 7.68. The Hall–Kier alpha value is -2.06. The van der Waals surface area contributed by atoms with Gasteiger partial charge in [-0.25, -0.2) is 0 Å². The van der Waals surface area contributed by atoms with Gasteiger partial charge in [0.05, 0.1) is 5.52 Å². The van der Waals surface area contributed by atoms with Gasteiger partial charge in [-0.1, -0.05) is 17.2 Å². The van der Waals surface area contributed by atoms with Gasteiger partial charge in [0.25, 0.3) is 0 Å². The average molecular weight is 184 g/mol. The highest BCUT2D eigenvalue weighted by Gasteiger charge is 1.97. The van der Waals surface area contributed by atoms with E-state index < -0.39 is 0 Å². The van der Waals surface area contributed by atoms with Gasteiger partial charge in [-0.05, 0) is 30.2 Å². The number of aromatic nitrogens is 1. The zero-order valence-corrected chi connectivity index (χ0v) is 7.68. The number of fused-ring (bicyclic) bond motifs is 1. The standard InChI is InChI=1S/C10H8N4/c1-7-4-5-12-10-6-8(13-14-11)2-3-9(7)10/h2-6H,1H3. The van der Waals surface area contributed by atoms with Gasteiger partial charge in [0.1, 0.15) is 0 Å². The first-order valence-corrected chi connectivity index (χ1v) is 4.22. The SMILES string of the molecule is Cc1ccnc2cc(N=[N+]=[N-])ccc12. The van der Waals surface area contributed by atoms with E-state index >= 15 is 0 Å². The summed E-state index contributed by atoms with van der Waals surface area (Å²) in [4.78, 5) is 6.93. The molecule has 1 aromatic carbocycles. The summed E-state index contributed by atoms with van der Waals surface area (Å²) < 4.78 is 0. The van der Waals surface area contributed by atoms with Crippen molar-refractivity contribution in [3.8, 4) is 0 Å². The molecule has 14 heavy (non-hydrogen) atoms. The van der Waals surface area contributed by atoms with Gasteiger partial charge in [-0.2, -0.15) is 0 Å². The first kappa shape index (κ1) is 8.53. The molecule has 0 aliphatic carbocycles. The maximum atomic E-state index is 8.28. The van der Waals surface area contributed by atoms with Crippen molar-refractivity contribution in [3.63, 3.8) is 0 Å². The van der Waals surface area contributed by atoms with Crippen LogP contribution in [0.3, 0.4) is 0 Å². The van der Waals surface area contributed by atoms with E-state index in [2.05, 4.69) is 15.0 Å². The second kappa shape index (κ2) is 3.36. The fourth-order valence-corrected chi connectivity index (χ4v) is 1.39. The molecule has 0 atom stereocenters. The molecule has 0 amide bonds.